The zero-order chi connectivity index (χ0) is 15.4. The molecule has 0 saturated carbocycles. The van der Waals surface area contributed by atoms with Crippen molar-refractivity contribution in [1.82, 2.24) is 9.80 Å². The predicted octanol–water partition coefficient (Wildman–Crippen LogP) is 1.81. The predicted molar refractivity (Wildman–Crippen MR) is 81.8 cm³/mol. The number of carbonyl (C=O) groups is 1. The van der Waals surface area contributed by atoms with Gasteiger partial charge < -0.3 is 14.7 Å². The van der Waals surface area contributed by atoms with E-state index in [0.29, 0.717) is 30.3 Å². The van der Waals surface area contributed by atoms with Crippen LogP contribution in [0.5, 0.6) is 11.5 Å². The molecule has 5 heteroatoms. The first-order valence-electron chi connectivity index (χ1n) is 7.40. The average molecular weight is 292 g/mol. The second kappa shape index (κ2) is 6.80. The van der Waals surface area contributed by atoms with Gasteiger partial charge in [-0.3, -0.25) is 9.69 Å². The van der Waals surface area contributed by atoms with Gasteiger partial charge in [-0.2, -0.15) is 0 Å². The Hall–Kier alpha value is -1.75. The summed E-state index contributed by atoms with van der Waals surface area (Å²) in [5, 5.41) is 9.96. The molecule has 1 aliphatic rings. The lowest BCUT2D eigenvalue weighted by atomic mass is 10.1. The summed E-state index contributed by atoms with van der Waals surface area (Å²) in [6.45, 7) is 8.66. The van der Waals surface area contributed by atoms with E-state index in [1.165, 1.54) is 13.2 Å². The first-order valence-corrected chi connectivity index (χ1v) is 7.40. The van der Waals surface area contributed by atoms with Gasteiger partial charge in [-0.1, -0.05) is 13.8 Å². The van der Waals surface area contributed by atoms with Crippen molar-refractivity contribution in [3.05, 3.63) is 23.8 Å². The van der Waals surface area contributed by atoms with Crippen LogP contribution < -0.4 is 4.74 Å². The first-order chi connectivity index (χ1) is 10.0. The minimum atomic E-state index is -0.112. The third-order valence-corrected chi connectivity index (χ3v) is 3.72. The summed E-state index contributed by atoms with van der Waals surface area (Å²) >= 11 is 0. The maximum atomic E-state index is 12.5. The Kier molecular flexibility index (Phi) is 5.07. The fraction of sp³-hybridized carbons (Fsp3) is 0.562. The second-order valence-electron chi connectivity index (χ2n) is 5.87. The Balaban J connectivity index is 1.99. The fourth-order valence-electron chi connectivity index (χ4n) is 2.64. The van der Waals surface area contributed by atoms with Crippen LogP contribution in [0.3, 0.4) is 0 Å². The van der Waals surface area contributed by atoms with Crippen molar-refractivity contribution in [3.63, 3.8) is 0 Å². The molecule has 116 valence electrons. The smallest absolute Gasteiger partial charge is 0.257 e. The molecular formula is C16H24N2O3. The van der Waals surface area contributed by atoms with E-state index in [2.05, 4.69) is 18.7 Å². The summed E-state index contributed by atoms with van der Waals surface area (Å²) in [6, 6.07) is 4.79. The zero-order valence-electron chi connectivity index (χ0n) is 13.0. The minimum absolute atomic E-state index is 0.0241. The van der Waals surface area contributed by atoms with Crippen LogP contribution in [-0.4, -0.2) is 60.6 Å². The number of benzene rings is 1. The average Bonchev–Trinajstić information content (AvgIpc) is 2.46. The summed E-state index contributed by atoms with van der Waals surface area (Å²) < 4.78 is 5.03. The molecule has 0 unspecified atom stereocenters. The molecule has 0 radical (unpaired) electrons. The van der Waals surface area contributed by atoms with E-state index < -0.39 is 0 Å². The molecule has 0 spiro atoms. The Bertz CT molecular complexity index is 494. The van der Waals surface area contributed by atoms with E-state index in [1.807, 2.05) is 0 Å². The highest BCUT2D eigenvalue weighted by atomic mass is 16.5. The first kappa shape index (κ1) is 15.6. The number of phenolic OH excluding ortho intramolecular Hbond substituents is 1. The Morgan fingerprint density at radius 2 is 1.95 bits per heavy atom. The number of hydrogen-bond acceptors (Lipinski definition) is 4. The standard InChI is InChI=1S/C16H24N2O3/c1-12(2)11-17-6-8-18(9-7-17)16(20)14-5-4-13(21-3)10-15(14)19/h4-5,10,12,19H,6-9,11H2,1-3H3. The molecule has 5 nitrogen and oxygen atoms in total. The van der Waals surface area contributed by atoms with E-state index in [0.717, 1.165) is 19.6 Å². The van der Waals surface area contributed by atoms with Gasteiger partial charge in [0.15, 0.2) is 0 Å². The van der Waals surface area contributed by atoms with Crippen LogP contribution in [0.2, 0.25) is 0 Å². The Labute approximate surface area is 126 Å². The third-order valence-electron chi connectivity index (χ3n) is 3.72. The Morgan fingerprint density at radius 1 is 1.29 bits per heavy atom. The number of ether oxygens (including phenoxy) is 1. The largest absolute Gasteiger partial charge is 0.507 e. The van der Waals surface area contributed by atoms with E-state index >= 15 is 0 Å². The summed E-state index contributed by atoms with van der Waals surface area (Å²) in [4.78, 5) is 16.6. The molecule has 0 aromatic heterocycles. The van der Waals surface area contributed by atoms with E-state index in [1.54, 1.807) is 17.0 Å². The number of piperazine rings is 1. The van der Waals surface area contributed by atoms with E-state index in [4.69, 9.17) is 4.74 Å². The van der Waals surface area contributed by atoms with Crippen molar-refractivity contribution in [3.8, 4) is 11.5 Å². The molecule has 1 aromatic rings. The molecule has 1 N–H and O–H groups in total. The van der Waals surface area contributed by atoms with Gasteiger partial charge in [-0.25, -0.2) is 0 Å². The third kappa shape index (κ3) is 3.88. The van der Waals surface area contributed by atoms with Gasteiger partial charge in [0, 0.05) is 38.8 Å². The van der Waals surface area contributed by atoms with Gasteiger partial charge in [-0.15, -0.1) is 0 Å². The highest BCUT2D eigenvalue weighted by Crippen LogP contribution is 2.25. The Morgan fingerprint density at radius 3 is 2.48 bits per heavy atom. The normalized spacial score (nSPS) is 16.3. The fourth-order valence-corrected chi connectivity index (χ4v) is 2.64. The van der Waals surface area contributed by atoms with Crippen molar-refractivity contribution in [2.75, 3.05) is 39.8 Å². The summed E-state index contributed by atoms with van der Waals surface area (Å²) in [7, 11) is 1.53. The number of methoxy groups -OCH3 is 1. The molecule has 1 amide bonds. The molecule has 1 saturated heterocycles. The van der Waals surface area contributed by atoms with Crippen LogP contribution in [0.15, 0.2) is 18.2 Å². The molecule has 1 heterocycles. The molecular weight excluding hydrogens is 268 g/mol. The lowest BCUT2D eigenvalue weighted by molar-refractivity contribution is 0.0621. The summed E-state index contributed by atoms with van der Waals surface area (Å²) in [5.41, 5.74) is 0.341. The molecule has 21 heavy (non-hydrogen) atoms. The molecule has 1 fully saturated rings. The number of nitrogens with zero attached hydrogens (tertiary/aromatic N) is 2. The van der Waals surface area contributed by atoms with Crippen molar-refractivity contribution >= 4 is 5.91 Å². The van der Waals surface area contributed by atoms with E-state index in [9.17, 15) is 9.90 Å². The molecule has 2 rings (SSSR count). The van der Waals surface area contributed by atoms with Gasteiger partial charge in [0.1, 0.15) is 11.5 Å². The molecule has 1 aliphatic heterocycles. The highest BCUT2D eigenvalue weighted by Gasteiger charge is 2.24. The lowest BCUT2D eigenvalue weighted by Crippen LogP contribution is -2.49. The number of phenols is 1. The minimum Gasteiger partial charge on any atom is -0.507 e. The number of hydrogen-bond donors (Lipinski definition) is 1. The maximum Gasteiger partial charge on any atom is 0.257 e. The topological polar surface area (TPSA) is 53.0 Å². The van der Waals surface area contributed by atoms with Crippen molar-refractivity contribution in [1.29, 1.82) is 0 Å². The van der Waals surface area contributed by atoms with Gasteiger partial charge in [0.2, 0.25) is 0 Å². The number of rotatable bonds is 4. The maximum absolute atomic E-state index is 12.5. The van der Waals surface area contributed by atoms with Crippen molar-refractivity contribution < 1.29 is 14.6 Å². The highest BCUT2D eigenvalue weighted by molar-refractivity contribution is 5.97. The number of amides is 1. The second-order valence-corrected chi connectivity index (χ2v) is 5.87. The molecule has 0 aliphatic carbocycles. The molecule has 0 bridgehead atoms. The summed E-state index contributed by atoms with van der Waals surface area (Å²) in [5.74, 6) is 1.05. The monoisotopic (exact) mass is 292 g/mol. The van der Waals surface area contributed by atoms with Gasteiger partial charge >= 0.3 is 0 Å². The van der Waals surface area contributed by atoms with Crippen LogP contribution in [0, 0.1) is 5.92 Å². The zero-order valence-corrected chi connectivity index (χ0v) is 13.0. The van der Waals surface area contributed by atoms with Crippen LogP contribution in [0.1, 0.15) is 24.2 Å². The van der Waals surface area contributed by atoms with Crippen LogP contribution >= 0.6 is 0 Å². The molecule has 0 atom stereocenters. The van der Waals surface area contributed by atoms with Crippen LogP contribution in [0.25, 0.3) is 0 Å². The SMILES string of the molecule is COc1ccc(C(=O)N2CCN(CC(C)C)CC2)c(O)c1. The van der Waals surface area contributed by atoms with Gasteiger partial charge in [-0.05, 0) is 18.1 Å². The van der Waals surface area contributed by atoms with E-state index in [-0.39, 0.29) is 11.7 Å². The van der Waals surface area contributed by atoms with Crippen LogP contribution in [0.4, 0.5) is 0 Å². The van der Waals surface area contributed by atoms with Crippen molar-refractivity contribution in [2.45, 2.75) is 13.8 Å². The lowest BCUT2D eigenvalue weighted by Gasteiger charge is -2.35. The quantitative estimate of drug-likeness (QED) is 0.919. The number of aromatic hydroxyl groups is 1. The van der Waals surface area contributed by atoms with Crippen LogP contribution in [-0.2, 0) is 0 Å². The van der Waals surface area contributed by atoms with Gasteiger partial charge in [0.25, 0.3) is 5.91 Å². The van der Waals surface area contributed by atoms with Gasteiger partial charge in [0.05, 0.1) is 12.7 Å². The number of carbonyl (C=O) groups excluding carboxylic acids is 1. The molecule has 1 aromatic carbocycles. The summed E-state index contributed by atoms with van der Waals surface area (Å²) in [6.07, 6.45) is 0. The van der Waals surface area contributed by atoms with Crippen molar-refractivity contribution in [2.24, 2.45) is 5.92 Å².